The minimum atomic E-state index is -4.46. The molecule has 0 aromatic carbocycles. The van der Waals surface area contributed by atoms with Gasteiger partial charge in [0, 0.05) is 0 Å². The van der Waals surface area contributed by atoms with Crippen LogP contribution in [-0.2, 0) is 6.18 Å². The maximum absolute atomic E-state index is 11.5. The molecule has 1 rings (SSSR count). The fraction of sp³-hybridized carbons (Fsp3) is 0.250. The van der Waals surface area contributed by atoms with Crippen molar-refractivity contribution in [1.29, 1.82) is 0 Å². The molecule has 0 bridgehead atoms. The van der Waals surface area contributed by atoms with Crippen molar-refractivity contribution < 1.29 is 17.7 Å². The van der Waals surface area contributed by atoms with Crippen LogP contribution in [-0.4, -0.2) is 5.16 Å². The van der Waals surface area contributed by atoms with Gasteiger partial charge in [0.2, 0.25) is 5.76 Å². The van der Waals surface area contributed by atoms with Gasteiger partial charge in [0.05, 0.1) is 12.3 Å². The monoisotopic (exact) mass is 136 g/mol. The normalized spacial score (nSPS) is 11.9. The molecule has 0 aliphatic rings. The Kier molecular flexibility index (Phi) is 1.19. The van der Waals surface area contributed by atoms with E-state index in [1.807, 2.05) is 0 Å². The summed E-state index contributed by atoms with van der Waals surface area (Å²) in [7, 11) is 0. The second-order valence-corrected chi connectivity index (χ2v) is 1.30. The predicted molar refractivity (Wildman–Crippen MR) is 20.3 cm³/mol. The van der Waals surface area contributed by atoms with Crippen molar-refractivity contribution in [1.82, 2.24) is 5.16 Å². The van der Waals surface area contributed by atoms with E-state index in [1.165, 1.54) is 0 Å². The molecule has 0 fully saturated rings. The Morgan fingerprint density at radius 1 is 1.56 bits per heavy atom. The van der Waals surface area contributed by atoms with Crippen LogP contribution in [0.25, 0.3) is 0 Å². The van der Waals surface area contributed by atoms with Gasteiger partial charge in [0.15, 0.2) is 0 Å². The summed E-state index contributed by atoms with van der Waals surface area (Å²) in [6.45, 7) is 0. The van der Waals surface area contributed by atoms with Crippen LogP contribution in [0.5, 0.6) is 0 Å². The third-order valence-electron chi connectivity index (χ3n) is 0.650. The van der Waals surface area contributed by atoms with E-state index >= 15 is 0 Å². The maximum Gasteiger partial charge on any atom is 0.453 e. The van der Waals surface area contributed by atoms with Crippen molar-refractivity contribution in [3.8, 4) is 0 Å². The summed E-state index contributed by atoms with van der Waals surface area (Å²) in [4.78, 5) is 0. The van der Waals surface area contributed by atoms with Gasteiger partial charge in [-0.1, -0.05) is 5.16 Å². The Morgan fingerprint density at radius 3 is 2.44 bits per heavy atom. The van der Waals surface area contributed by atoms with Gasteiger partial charge in [-0.2, -0.15) is 13.2 Å². The molecular formula is C4HF3NO. The van der Waals surface area contributed by atoms with E-state index in [0.717, 1.165) is 6.20 Å². The SMILES string of the molecule is FC(F)(F)c1[c]cno1. The van der Waals surface area contributed by atoms with Gasteiger partial charge in [-0.25, -0.2) is 0 Å². The number of nitrogens with zero attached hydrogens (tertiary/aromatic N) is 1. The highest BCUT2D eigenvalue weighted by atomic mass is 19.4. The Hall–Kier alpha value is -1.00. The minimum absolute atomic E-state index is 0.822. The molecular weight excluding hydrogens is 135 g/mol. The first-order valence-electron chi connectivity index (χ1n) is 2.00. The summed E-state index contributed by atoms with van der Waals surface area (Å²) in [6, 6.07) is 1.77. The Labute approximate surface area is 48.3 Å². The zero-order chi connectivity index (χ0) is 6.91. The lowest BCUT2D eigenvalue weighted by Gasteiger charge is -1.96. The van der Waals surface area contributed by atoms with E-state index in [9.17, 15) is 13.2 Å². The van der Waals surface area contributed by atoms with Gasteiger partial charge in [0.1, 0.15) is 0 Å². The molecule has 0 saturated carbocycles. The summed E-state index contributed by atoms with van der Waals surface area (Å²) in [5.74, 6) is -1.19. The van der Waals surface area contributed by atoms with Crippen LogP contribution in [0.3, 0.4) is 0 Å². The van der Waals surface area contributed by atoms with E-state index in [-0.39, 0.29) is 0 Å². The minimum Gasteiger partial charge on any atom is -0.351 e. The van der Waals surface area contributed by atoms with E-state index in [4.69, 9.17) is 0 Å². The molecule has 0 aliphatic carbocycles. The lowest BCUT2D eigenvalue weighted by molar-refractivity contribution is -0.155. The summed E-state index contributed by atoms with van der Waals surface area (Å²) in [5.41, 5.74) is 0. The third kappa shape index (κ3) is 1.22. The van der Waals surface area contributed by atoms with Crippen LogP contribution in [0.15, 0.2) is 10.7 Å². The molecule has 1 heterocycles. The number of aromatic nitrogens is 1. The number of rotatable bonds is 0. The van der Waals surface area contributed by atoms with Crippen LogP contribution in [0.4, 0.5) is 13.2 Å². The smallest absolute Gasteiger partial charge is 0.351 e. The van der Waals surface area contributed by atoms with Gasteiger partial charge in [0.25, 0.3) is 0 Å². The molecule has 9 heavy (non-hydrogen) atoms. The van der Waals surface area contributed by atoms with Gasteiger partial charge in [-0.05, 0) is 0 Å². The van der Waals surface area contributed by atoms with Crippen molar-refractivity contribution in [2.45, 2.75) is 6.18 Å². The molecule has 5 heteroatoms. The highest BCUT2D eigenvalue weighted by molar-refractivity contribution is 4.94. The summed E-state index contributed by atoms with van der Waals surface area (Å²) in [6.07, 6.45) is -3.64. The third-order valence-corrected chi connectivity index (χ3v) is 0.650. The van der Waals surface area contributed by atoms with Gasteiger partial charge in [-0.3, -0.25) is 0 Å². The first kappa shape index (κ1) is 6.12. The molecule has 1 radical (unpaired) electrons. The van der Waals surface area contributed by atoms with Crippen LogP contribution < -0.4 is 0 Å². The first-order valence-corrected chi connectivity index (χ1v) is 2.00. The number of halogens is 3. The molecule has 49 valence electrons. The van der Waals surface area contributed by atoms with Gasteiger partial charge < -0.3 is 4.52 Å². The highest BCUT2D eigenvalue weighted by Crippen LogP contribution is 2.27. The highest BCUT2D eigenvalue weighted by Gasteiger charge is 2.35. The summed E-state index contributed by atoms with van der Waals surface area (Å²) < 4.78 is 38.1. The lowest BCUT2D eigenvalue weighted by atomic mass is 10.5. The van der Waals surface area contributed by atoms with Crippen LogP contribution >= 0.6 is 0 Å². The van der Waals surface area contributed by atoms with Crippen molar-refractivity contribution >= 4 is 0 Å². The molecule has 2 nitrogen and oxygen atoms in total. The average Bonchev–Trinajstić information content (AvgIpc) is 2.08. The van der Waals surface area contributed by atoms with Crippen molar-refractivity contribution in [2.75, 3.05) is 0 Å². The van der Waals surface area contributed by atoms with E-state index in [1.54, 1.807) is 6.07 Å². The van der Waals surface area contributed by atoms with E-state index < -0.39 is 11.9 Å². The zero-order valence-electron chi connectivity index (χ0n) is 4.07. The molecule has 0 spiro atoms. The van der Waals surface area contributed by atoms with Crippen LogP contribution in [0.2, 0.25) is 0 Å². The van der Waals surface area contributed by atoms with E-state index in [2.05, 4.69) is 9.68 Å². The van der Waals surface area contributed by atoms with Crippen molar-refractivity contribution in [3.63, 3.8) is 0 Å². The van der Waals surface area contributed by atoms with Crippen LogP contribution in [0, 0.1) is 6.07 Å². The fourth-order valence-electron chi connectivity index (χ4n) is 0.324. The molecule has 1 aromatic rings. The fourth-order valence-corrected chi connectivity index (χ4v) is 0.324. The molecule has 0 atom stereocenters. The average molecular weight is 136 g/mol. The van der Waals surface area contributed by atoms with Gasteiger partial charge >= 0.3 is 6.18 Å². The zero-order valence-corrected chi connectivity index (χ0v) is 4.07. The molecule has 0 N–H and O–H groups in total. The van der Waals surface area contributed by atoms with Crippen LogP contribution in [0.1, 0.15) is 5.76 Å². The lowest BCUT2D eigenvalue weighted by Crippen LogP contribution is -2.02. The maximum atomic E-state index is 11.5. The Balaban J connectivity index is 2.90. The van der Waals surface area contributed by atoms with E-state index in [0.29, 0.717) is 0 Å². The van der Waals surface area contributed by atoms with Crippen molar-refractivity contribution in [3.05, 3.63) is 18.0 Å². The number of hydrogen-bond donors (Lipinski definition) is 0. The first-order chi connectivity index (χ1) is 4.11. The largest absolute Gasteiger partial charge is 0.453 e. The predicted octanol–water partition coefficient (Wildman–Crippen LogP) is 1.49. The molecule has 1 aromatic heterocycles. The standard InChI is InChI=1S/C4HF3NO/c5-4(6,7)3-1-2-8-9-3/h2H. The molecule has 0 amide bonds. The van der Waals surface area contributed by atoms with Gasteiger partial charge in [-0.15, -0.1) is 0 Å². The Morgan fingerprint density at radius 2 is 2.22 bits per heavy atom. The number of hydrogen-bond acceptors (Lipinski definition) is 2. The van der Waals surface area contributed by atoms with Crippen molar-refractivity contribution in [2.24, 2.45) is 0 Å². The quantitative estimate of drug-likeness (QED) is 0.540. The molecule has 0 aliphatic heterocycles. The second kappa shape index (κ2) is 1.75. The molecule has 0 saturated heterocycles. The summed E-state index contributed by atoms with van der Waals surface area (Å²) >= 11 is 0. The number of alkyl halides is 3. The summed E-state index contributed by atoms with van der Waals surface area (Å²) in [5, 5.41) is 2.84. The topological polar surface area (TPSA) is 26.0 Å². The molecule has 0 unspecified atom stereocenters. The second-order valence-electron chi connectivity index (χ2n) is 1.30. The Bertz CT molecular complexity index is 178.